The summed E-state index contributed by atoms with van der Waals surface area (Å²) in [4.78, 5) is 0. The molecule has 432 valence electrons. The molecule has 2 unspecified atom stereocenters. The summed E-state index contributed by atoms with van der Waals surface area (Å²) in [7, 11) is 0. The molecular formula is C65H111FO9. The maximum absolute atomic E-state index is 13.3. The van der Waals surface area contributed by atoms with Crippen molar-refractivity contribution in [2.24, 2.45) is 0 Å². The molecule has 0 radical (unpaired) electrons. The Morgan fingerprint density at radius 3 is 1.25 bits per heavy atom. The highest BCUT2D eigenvalue weighted by Gasteiger charge is 2.41. The van der Waals surface area contributed by atoms with Gasteiger partial charge in [-0.3, -0.25) is 0 Å². The Labute approximate surface area is 458 Å². The third-order valence-electron chi connectivity index (χ3n) is 14.3. The van der Waals surface area contributed by atoms with E-state index < -0.39 is 6.17 Å². The maximum Gasteiger partial charge on any atom is 0.168 e. The molecule has 1 heterocycles. The normalized spacial score (nSPS) is 27.7. The molecule has 2 aromatic carbocycles. The number of alkyl halides is 1. The molecule has 6 fully saturated rings. The summed E-state index contributed by atoms with van der Waals surface area (Å²) in [5.74, 6) is 0.494. The van der Waals surface area contributed by atoms with Gasteiger partial charge in [-0.1, -0.05) is 73.5 Å². The van der Waals surface area contributed by atoms with Gasteiger partial charge in [0.25, 0.3) is 0 Å². The lowest BCUT2D eigenvalue weighted by Crippen LogP contribution is -2.39. The first-order chi connectivity index (χ1) is 35.0. The van der Waals surface area contributed by atoms with Crippen LogP contribution in [0.3, 0.4) is 0 Å². The van der Waals surface area contributed by atoms with Gasteiger partial charge in [0.2, 0.25) is 0 Å². The molecule has 1 aliphatic heterocycles. The molecule has 2 aromatic rings. The van der Waals surface area contributed by atoms with Crippen LogP contribution in [0.5, 0.6) is 0 Å². The Bertz CT molecular complexity index is 1750. The highest BCUT2D eigenvalue weighted by molar-refractivity contribution is 5.20. The van der Waals surface area contributed by atoms with Crippen LogP contribution in [0.25, 0.3) is 0 Å². The number of hydrogen-bond acceptors (Lipinski definition) is 9. The second-order valence-corrected chi connectivity index (χ2v) is 27.3. The van der Waals surface area contributed by atoms with E-state index in [2.05, 4.69) is 138 Å². The lowest BCUT2D eigenvalue weighted by molar-refractivity contribution is -0.200. The van der Waals surface area contributed by atoms with Crippen molar-refractivity contribution >= 4 is 0 Å². The number of ether oxygens (including phenoxy) is 8. The molecule has 1 spiro atoms. The summed E-state index contributed by atoms with van der Waals surface area (Å²) in [5, 5.41) is 9.27. The average Bonchev–Trinajstić information content (AvgIpc) is 3.78. The molecular weight excluding hydrogens is 944 g/mol. The molecule has 2 atom stereocenters. The molecule has 0 bridgehead atoms. The summed E-state index contributed by atoms with van der Waals surface area (Å²) in [6.07, 6.45) is 22.1. The molecule has 10 heteroatoms. The largest absolute Gasteiger partial charge is 0.393 e. The lowest BCUT2D eigenvalue weighted by Gasteiger charge is -2.37. The third-order valence-corrected chi connectivity index (χ3v) is 14.3. The van der Waals surface area contributed by atoms with Gasteiger partial charge in [0.1, 0.15) is 6.17 Å². The zero-order valence-corrected chi connectivity index (χ0v) is 50.3. The van der Waals surface area contributed by atoms with E-state index in [-0.39, 0.29) is 46.0 Å². The molecule has 9 nitrogen and oxygen atoms in total. The fraction of sp³-hybridized carbons (Fsp3) is 0.815. The second-order valence-electron chi connectivity index (χ2n) is 27.3. The fourth-order valence-electron chi connectivity index (χ4n) is 11.1. The molecule has 5 saturated carbocycles. The summed E-state index contributed by atoms with van der Waals surface area (Å²) in [6, 6.07) is 21.3. The molecule has 1 saturated heterocycles. The van der Waals surface area contributed by atoms with Crippen molar-refractivity contribution in [2.45, 2.75) is 327 Å². The fourth-order valence-corrected chi connectivity index (χ4v) is 11.1. The van der Waals surface area contributed by atoms with Gasteiger partial charge in [0.15, 0.2) is 5.79 Å². The van der Waals surface area contributed by atoms with E-state index in [0.29, 0.717) is 36.9 Å². The molecule has 0 amide bonds. The smallest absolute Gasteiger partial charge is 0.168 e. The van der Waals surface area contributed by atoms with E-state index in [9.17, 15) is 9.50 Å². The van der Waals surface area contributed by atoms with Gasteiger partial charge in [-0.25, -0.2) is 4.39 Å². The van der Waals surface area contributed by atoms with Gasteiger partial charge in [-0.2, -0.15) is 0 Å². The van der Waals surface area contributed by atoms with Crippen molar-refractivity contribution in [1.82, 2.24) is 0 Å². The quantitative estimate of drug-likeness (QED) is 0.263. The predicted octanol–water partition coefficient (Wildman–Crippen LogP) is 16.5. The number of rotatable bonds is 9. The van der Waals surface area contributed by atoms with Crippen molar-refractivity contribution < 1.29 is 47.4 Å². The Morgan fingerprint density at radius 1 is 0.453 bits per heavy atom. The lowest BCUT2D eigenvalue weighted by atomic mass is 9.82. The number of aliphatic hydroxyl groups excluding tert-OH is 1. The van der Waals surface area contributed by atoms with Crippen molar-refractivity contribution in [3.8, 4) is 0 Å². The van der Waals surface area contributed by atoms with Gasteiger partial charge in [0.05, 0.1) is 90.6 Å². The first-order valence-corrected chi connectivity index (χ1v) is 29.7. The van der Waals surface area contributed by atoms with Crippen LogP contribution in [-0.4, -0.2) is 101 Å². The molecule has 75 heavy (non-hydrogen) atoms. The van der Waals surface area contributed by atoms with Gasteiger partial charge < -0.3 is 43.0 Å². The van der Waals surface area contributed by atoms with Crippen molar-refractivity contribution in [3.05, 3.63) is 71.8 Å². The zero-order valence-electron chi connectivity index (χ0n) is 50.3. The minimum atomic E-state index is -0.738. The molecule has 0 aromatic heterocycles. The molecule has 5 aliphatic carbocycles. The molecule has 6 aliphatic rings. The van der Waals surface area contributed by atoms with Crippen LogP contribution in [0.4, 0.5) is 4.39 Å². The molecule has 8 rings (SSSR count). The van der Waals surface area contributed by atoms with Gasteiger partial charge in [-0.15, -0.1) is 0 Å². The first kappa shape index (κ1) is 65.5. The minimum Gasteiger partial charge on any atom is -0.393 e. The van der Waals surface area contributed by atoms with Crippen LogP contribution < -0.4 is 0 Å². The minimum absolute atomic E-state index is 0.00422. The van der Waals surface area contributed by atoms with Crippen molar-refractivity contribution in [1.29, 1.82) is 0 Å². The predicted molar refractivity (Wildman–Crippen MR) is 305 cm³/mol. The Balaban J connectivity index is 0.000000205. The standard InChI is InChI=1S/C17H26O2.C16H24O.C12H22O3.C10H19FO.C10H20O2/c1-17(2,3)19-16-11-9-15(10-12-16)18-13-14-7-5-4-6-8-14;1-16(2,3)17-15-11-9-14(10-12-15)13-7-5-4-6-8-13;1-11(2,3)15-10-4-6-12(7-5-10)13-8-9-14-12;1-10(2,3)12-9-7-5-4-6-8(9)11;1-10(2,3)12-9-6-4-8(11)5-7-9/h4-8,15-16H,9-13H2,1-3H3;4-8,14-15H,9-12H2,1-3H3;10H,4-9H2,1-3H3;8-9H,4-7H2,1-3H3;8-9,11H,4-7H2,1-3H3. The van der Waals surface area contributed by atoms with E-state index >= 15 is 0 Å². The maximum atomic E-state index is 13.3. The number of halogens is 1. The van der Waals surface area contributed by atoms with Gasteiger partial charge in [-0.05, 0) is 224 Å². The Morgan fingerprint density at radius 2 is 0.827 bits per heavy atom. The van der Waals surface area contributed by atoms with Crippen LogP contribution in [0.1, 0.15) is 249 Å². The highest BCUT2D eigenvalue weighted by Crippen LogP contribution is 2.38. The van der Waals surface area contributed by atoms with Crippen molar-refractivity contribution in [2.75, 3.05) is 13.2 Å². The summed E-state index contributed by atoms with van der Waals surface area (Å²) in [6.45, 7) is 33.6. The van der Waals surface area contributed by atoms with Crippen LogP contribution in [0.15, 0.2) is 60.7 Å². The average molecular weight is 1060 g/mol. The Hall–Kier alpha value is -1.99. The summed E-state index contributed by atoms with van der Waals surface area (Å²) in [5.41, 5.74) is 2.47. The number of benzene rings is 2. The van der Waals surface area contributed by atoms with E-state index in [1.807, 2.05) is 26.8 Å². The summed E-state index contributed by atoms with van der Waals surface area (Å²) >= 11 is 0. The Kier molecular flexibility index (Phi) is 27.2. The summed E-state index contributed by atoms with van der Waals surface area (Å²) < 4.78 is 60.1. The monoisotopic (exact) mass is 1050 g/mol. The second kappa shape index (κ2) is 31.1. The van der Waals surface area contributed by atoms with Gasteiger partial charge in [0, 0.05) is 12.8 Å². The van der Waals surface area contributed by atoms with Crippen molar-refractivity contribution in [3.63, 3.8) is 0 Å². The number of hydrogen-bond donors (Lipinski definition) is 1. The van der Waals surface area contributed by atoms with Gasteiger partial charge >= 0.3 is 0 Å². The SMILES string of the molecule is CC(C)(C)OC1CCC(O)CC1.CC(C)(C)OC1CCC(OCc2ccccc2)CC1.CC(C)(C)OC1CCC(c2ccccc2)CC1.CC(C)(C)OC1CCC2(CC1)OCCO2.CC(C)(C)OC1CCCCC1F. The van der Waals surface area contributed by atoms with Crippen LogP contribution >= 0.6 is 0 Å². The first-order valence-electron chi connectivity index (χ1n) is 29.7. The molecule has 1 N–H and O–H groups in total. The third kappa shape index (κ3) is 29.2. The van der Waals surface area contributed by atoms with E-state index in [4.69, 9.17) is 37.9 Å². The topological polar surface area (TPSA) is 94.1 Å². The van der Waals surface area contributed by atoms with Crippen LogP contribution in [-0.2, 0) is 44.5 Å². The van der Waals surface area contributed by atoms with E-state index in [1.54, 1.807) is 0 Å². The zero-order chi connectivity index (χ0) is 55.3. The van der Waals surface area contributed by atoms with Crippen LogP contribution in [0.2, 0.25) is 0 Å². The van der Waals surface area contributed by atoms with Crippen LogP contribution in [0, 0.1) is 0 Å². The van der Waals surface area contributed by atoms with E-state index in [0.717, 1.165) is 122 Å². The van der Waals surface area contributed by atoms with E-state index in [1.165, 1.54) is 36.8 Å². The highest BCUT2D eigenvalue weighted by atomic mass is 19.1. The number of aliphatic hydroxyl groups is 1.